The Hall–Kier alpha value is -0.830. The average Bonchev–Trinajstić information content (AvgIpc) is 2.72. The van der Waals surface area contributed by atoms with Gasteiger partial charge in [0.15, 0.2) is 15.8 Å². The predicted octanol–water partition coefficient (Wildman–Crippen LogP) is 1.15. The molecule has 0 saturated heterocycles. The second-order valence-corrected chi connectivity index (χ2v) is 6.52. The maximum absolute atomic E-state index is 11.3. The molecule has 0 bridgehead atoms. The lowest BCUT2D eigenvalue weighted by Gasteiger charge is -2.09. The number of rotatable bonds is 3. The molecular formula is C12H18IN3O2S. The van der Waals surface area contributed by atoms with Crippen molar-refractivity contribution in [2.24, 2.45) is 4.99 Å². The molecule has 106 valence electrons. The quantitative estimate of drug-likeness (QED) is 0.754. The van der Waals surface area contributed by atoms with Gasteiger partial charge in [-0.25, -0.2) is 8.42 Å². The summed E-state index contributed by atoms with van der Waals surface area (Å²) in [5, 5.41) is 6.38. The Morgan fingerprint density at radius 3 is 2.47 bits per heavy atom. The van der Waals surface area contributed by atoms with Gasteiger partial charge in [-0.1, -0.05) is 12.1 Å². The SMILES string of the molecule is CC1CN=C(NCc2ccc(S(C)(=O)=O)cc2)N1.I. The summed E-state index contributed by atoms with van der Waals surface area (Å²) in [5.74, 6) is 0.801. The molecule has 0 fully saturated rings. The number of nitrogens with zero attached hydrogens (tertiary/aromatic N) is 1. The summed E-state index contributed by atoms with van der Waals surface area (Å²) in [7, 11) is -3.11. The largest absolute Gasteiger partial charge is 0.352 e. The number of hydrogen-bond acceptors (Lipinski definition) is 5. The van der Waals surface area contributed by atoms with Crippen LogP contribution in [0, 0.1) is 0 Å². The van der Waals surface area contributed by atoms with Gasteiger partial charge in [-0.15, -0.1) is 24.0 Å². The number of nitrogens with one attached hydrogen (secondary N) is 2. The Kier molecular flexibility index (Phi) is 5.60. The molecule has 1 unspecified atom stereocenters. The minimum Gasteiger partial charge on any atom is -0.352 e. The molecule has 0 radical (unpaired) electrons. The van der Waals surface area contributed by atoms with E-state index < -0.39 is 9.84 Å². The van der Waals surface area contributed by atoms with Crippen molar-refractivity contribution in [3.8, 4) is 0 Å². The third kappa shape index (κ3) is 4.64. The van der Waals surface area contributed by atoms with Gasteiger partial charge in [-0.3, -0.25) is 4.99 Å². The molecule has 0 aromatic heterocycles. The molecular weight excluding hydrogens is 377 g/mol. The zero-order valence-corrected chi connectivity index (χ0v) is 14.0. The maximum atomic E-state index is 11.3. The Labute approximate surface area is 130 Å². The lowest BCUT2D eigenvalue weighted by molar-refractivity contribution is 0.602. The van der Waals surface area contributed by atoms with E-state index in [1.807, 2.05) is 12.1 Å². The second kappa shape index (κ2) is 6.56. The van der Waals surface area contributed by atoms with Crippen LogP contribution in [-0.2, 0) is 16.4 Å². The molecule has 1 heterocycles. The van der Waals surface area contributed by atoms with E-state index in [9.17, 15) is 8.42 Å². The Morgan fingerprint density at radius 1 is 1.37 bits per heavy atom. The molecule has 5 nitrogen and oxygen atoms in total. The zero-order valence-electron chi connectivity index (χ0n) is 10.9. The third-order valence-electron chi connectivity index (χ3n) is 2.72. The highest BCUT2D eigenvalue weighted by molar-refractivity contribution is 14.0. The molecule has 2 rings (SSSR count). The Bertz CT molecular complexity index is 555. The van der Waals surface area contributed by atoms with Gasteiger partial charge in [0.2, 0.25) is 0 Å². The van der Waals surface area contributed by atoms with Crippen molar-refractivity contribution in [3.05, 3.63) is 29.8 Å². The van der Waals surface area contributed by atoms with Gasteiger partial charge in [-0.2, -0.15) is 0 Å². The summed E-state index contributed by atoms with van der Waals surface area (Å²) < 4.78 is 22.6. The molecule has 2 N–H and O–H groups in total. The average molecular weight is 395 g/mol. The van der Waals surface area contributed by atoms with E-state index in [-0.39, 0.29) is 24.0 Å². The van der Waals surface area contributed by atoms with Crippen LogP contribution in [0.5, 0.6) is 0 Å². The first-order valence-corrected chi connectivity index (χ1v) is 7.68. The van der Waals surface area contributed by atoms with Crippen molar-refractivity contribution >= 4 is 39.8 Å². The van der Waals surface area contributed by atoms with Gasteiger partial charge in [0.05, 0.1) is 11.4 Å². The molecule has 0 amide bonds. The van der Waals surface area contributed by atoms with Crippen molar-refractivity contribution < 1.29 is 8.42 Å². The van der Waals surface area contributed by atoms with Crippen molar-refractivity contribution in [2.75, 3.05) is 12.8 Å². The van der Waals surface area contributed by atoms with Crippen molar-refractivity contribution in [1.29, 1.82) is 0 Å². The summed E-state index contributed by atoms with van der Waals surface area (Å²) >= 11 is 0. The lowest BCUT2D eigenvalue weighted by Crippen LogP contribution is -2.37. The van der Waals surface area contributed by atoms with Crippen LogP contribution in [0.15, 0.2) is 34.2 Å². The molecule has 1 aromatic rings. The van der Waals surface area contributed by atoms with Crippen LogP contribution in [0.4, 0.5) is 0 Å². The highest BCUT2D eigenvalue weighted by Gasteiger charge is 2.11. The predicted molar refractivity (Wildman–Crippen MR) is 86.7 cm³/mol. The first kappa shape index (κ1) is 16.2. The minimum absolute atomic E-state index is 0. The number of hydrogen-bond donors (Lipinski definition) is 2. The van der Waals surface area contributed by atoms with Crippen molar-refractivity contribution in [1.82, 2.24) is 10.6 Å². The number of sulfone groups is 1. The monoisotopic (exact) mass is 395 g/mol. The molecule has 0 aliphatic carbocycles. The normalized spacial score (nSPS) is 18.2. The topological polar surface area (TPSA) is 70.6 Å². The fraction of sp³-hybridized carbons (Fsp3) is 0.417. The maximum Gasteiger partial charge on any atom is 0.191 e. The van der Waals surface area contributed by atoms with Crippen LogP contribution in [0.1, 0.15) is 12.5 Å². The first-order valence-electron chi connectivity index (χ1n) is 5.79. The van der Waals surface area contributed by atoms with Gasteiger partial charge in [0.1, 0.15) is 0 Å². The molecule has 1 aliphatic rings. The number of halogens is 1. The molecule has 1 aliphatic heterocycles. The molecule has 1 atom stereocenters. The second-order valence-electron chi connectivity index (χ2n) is 4.50. The molecule has 0 spiro atoms. The van der Waals surface area contributed by atoms with Crippen LogP contribution in [0.25, 0.3) is 0 Å². The van der Waals surface area contributed by atoms with Gasteiger partial charge in [0, 0.05) is 18.8 Å². The number of guanidine groups is 1. The summed E-state index contributed by atoms with van der Waals surface area (Å²) in [6.07, 6.45) is 1.21. The zero-order chi connectivity index (χ0) is 13.2. The van der Waals surface area contributed by atoms with Crippen LogP contribution in [-0.4, -0.2) is 33.2 Å². The summed E-state index contributed by atoms with van der Waals surface area (Å²) in [5.41, 5.74) is 1.02. The molecule has 0 saturated carbocycles. The molecule has 19 heavy (non-hydrogen) atoms. The Balaban J connectivity index is 0.00000180. The van der Waals surface area contributed by atoms with E-state index >= 15 is 0 Å². The fourth-order valence-corrected chi connectivity index (χ4v) is 2.33. The number of aliphatic imine (C=N–C) groups is 1. The minimum atomic E-state index is -3.11. The van der Waals surface area contributed by atoms with E-state index in [0.29, 0.717) is 17.5 Å². The summed E-state index contributed by atoms with van der Waals surface area (Å²) in [4.78, 5) is 4.63. The van der Waals surface area contributed by atoms with E-state index in [2.05, 4.69) is 22.5 Å². The highest BCUT2D eigenvalue weighted by Crippen LogP contribution is 2.10. The van der Waals surface area contributed by atoms with Crippen molar-refractivity contribution in [2.45, 2.75) is 24.4 Å². The van der Waals surface area contributed by atoms with E-state index in [1.165, 1.54) is 6.26 Å². The van der Waals surface area contributed by atoms with E-state index in [4.69, 9.17) is 0 Å². The highest BCUT2D eigenvalue weighted by atomic mass is 127. The van der Waals surface area contributed by atoms with Crippen molar-refractivity contribution in [3.63, 3.8) is 0 Å². The lowest BCUT2D eigenvalue weighted by atomic mass is 10.2. The molecule has 1 aromatic carbocycles. The summed E-state index contributed by atoms with van der Waals surface area (Å²) in [6.45, 7) is 3.48. The van der Waals surface area contributed by atoms with Gasteiger partial charge < -0.3 is 10.6 Å². The van der Waals surface area contributed by atoms with Gasteiger partial charge in [0.25, 0.3) is 0 Å². The molecule has 7 heteroatoms. The Morgan fingerprint density at radius 2 is 2.00 bits per heavy atom. The smallest absolute Gasteiger partial charge is 0.191 e. The van der Waals surface area contributed by atoms with Crippen LogP contribution in [0.3, 0.4) is 0 Å². The van der Waals surface area contributed by atoms with Crippen LogP contribution in [0.2, 0.25) is 0 Å². The van der Waals surface area contributed by atoms with E-state index in [1.54, 1.807) is 12.1 Å². The standard InChI is InChI=1S/C12H17N3O2S.HI/c1-9-7-13-12(15-9)14-8-10-3-5-11(6-4-10)18(2,16)17;/h3-6,9H,7-8H2,1-2H3,(H2,13,14,15);1H. The van der Waals surface area contributed by atoms with Gasteiger partial charge >= 0.3 is 0 Å². The first-order chi connectivity index (χ1) is 8.45. The number of benzene rings is 1. The summed E-state index contributed by atoms with van der Waals surface area (Å²) in [6, 6.07) is 7.24. The fourth-order valence-electron chi connectivity index (χ4n) is 1.70. The van der Waals surface area contributed by atoms with Gasteiger partial charge in [-0.05, 0) is 24.6 Å². The van der Waals surface area contributed by atoms with E-state index in [0.717, 1.165) is 18.1 Å². The van der Waals surface area contributed by atoms with Crippen LogP contribution >= 0.6 is 24.0 Å². The third-order valence-corrected chi connectivity index (χ3v) is 3.85. The van der Waals surface area contributed by atoms with Crippen LogP contribution < -0.4 is 10.6 Å².